The Bertz CT molecular complexity index is 2590. The maximum atomic E-state index is 11.7. The Morgan fingerprint density at radius 1 is 0.641 bits per heavy atom. The third kappa shape index (κ3) is 11.7. The van der Waals surface area contributed by atoms with Crippen LogP contribution < -0.4 is 14.4 Å². The fourth-order valence-corrected chi connectivity index (χ4v) is 12.5. The number of rotatable bonds is 24. The van der Waals surface area contributed by atoms with Gasteiger partial charge in [-0.2, -0.15) is 5.26 Å². The van der Waals surface area contributed by atoms with Crippen LogP contribution in [0.4, 0.5) is 17.1 Å². The van der Waals surface area contributed by atoms with Gasteiger partial charge in [-0.15, -0.1) is 22.7 Å². The molecule has 0 fully saturated rings. The van der Waals surface area contributed by atoms with Gasteiger partial charge in [0.05, 0.1) is 24.0 Å². The standard InChI is InChI=1S/C52H56N4O4S4/c1-5-7-9-11-13-15-17-36-31-44(32-38(34-53)52(57)58)61-46(36)48-54-50-51(63-48)55-49(64-50)47-37(18-16-14-12-10-8-6-2)33-45(62-47)35-19-21-39(22-20-35)56(40-23-27-42(59-3)28-24-40)41-25-29-43(60-4)30-26-41/h19-33H,5-18H2,1-4H3,(H,57,58)/b38-32+. The summed E-state index contributed by atoms with van der Waals surface area (Å²) in [7, 11) is 3.37. The SMILES string of the molecule is CCCCCCCCc1cc(/C=C(\C#N)C(=O)O)sc1-c1nc2sc(-c3sc(-c4ccc(N(c5ccc(OC)cc5)c5ccc(OC)cc5)cc4)cc3CCCCCCCC)nc2s1. The van der Waals surface area contributed by atoms with Crippen molar-refractivity contribution in [2.24, 2.45) is 0 Å². The number of hydrogen-bond acceptors (Lipinski definition) is 11. The summed E-state index contributed by atoms with van der Waals surface area (Å²) in [5, 5.41) is 20.9. The molecule has 0 amide bonds. The molecule has 0 saturated heterocycles. The van der Waals surface area contributed by atoms with Gasteiger partial charge in [0.15, 0.2) is 9.66 Å². The lowest BCUT2D eigenvalue weighted by molar-refractivity contribution is -0.132. The highest BCUT2D eigenvalue weighted by Gasteiger charge is 2.22. The molecule has 1 N–H and O–H groups in total. The number of carboxylic acids is 1. The Hall–Kier alpha value is -5.32. The van der Waals surface area contributed by atoms with Crippen molar-refractivity contribution in [3.63, 3.8) is 0 Å². The average molecular weight is 929 g/mol. The molecule has 0 radical (unpaired) electrons. The highest BCUT2D eigenvalue weighted by atomic mass is 32.1. The van der Waals surface area contributed by atoms with E-state index >= 15 is 0 Å². The van der Waals surface area contributed by atoms with Crippen LogP contribution >= 0.6 is 45.3 Å². The number of thiophene rings is 2. The third-order valence-corrected chi connectivity index (χ3v) is 16.0. The Labute approximate surface area is 393 Å². The lowest BCUT2D eigenvalue weighted by Gasteiger charge is -2.26. The van der Waals surface area contributed by atoms with Gasteiger partial charge in [0.1, 0.15) is 33.2 Å². The number of thiazole rings is 2. The fraction of sp³-hybridized carbons (Fsp3) is 0.346. The van der Waals surface area contributed by atoms with E-state index in [0.717, 1.165) is 101 Å². The van der Waals surface area contributed by atoms with E-state index in [9.17, 15) is 15.2 Å². The largest absolute Gasteiger partial charge is 0.497 e. The lowest BCUT2D eigenvalue weighted by Crippen LogP contribution is -2.09. The Morgan fingerprint density at radius 2 is 1.09 bits per heavy atom. The highest BCUT2D eigenvalue weighted by molar-refractivity contribution is 7.32. The maximum Gasteiger partial charge on any atom is 0.346 e. The van der Waals surface area contributed by atoms with E-state index in [-0.39, 0.29) is 5.57 Å². The summed E-state index contributed by atoms with van der Waals surface area (Å²) in [5.74, 6) is 0.401. The van der Waals surface area contributed by atoms with Crippen molar-refractivity contribution in [3.05, 3.63) is 107 Å². The number of benzene rings is 3. The van der Waals surface area contributed by atoms with Gasteiger partial charge in [-0.3, -0.25) is 0 Å². The first-order valence-electron chi connectivity index (χ1n) is 22.4. The molecule has 0 bridgehead atoms. The molecule has 4 aromatic heterocycles. The Kier molecular flexibility index (Phi) is 16.8. The van der Waals surface area contributed by atoms with Gasteiger partial charge in [-0.25, -0.2) is 14.8 Å². The quantitative estimate of drug-likeness (QED) is 0.0363. The van der Waals surface area contributed by atoms with Gasteiger partial charge in [-0.05, 0) is 121 Å². The normalized spacial score (nSPS) is 11.6. The first-order valence-corrected chi connectivity index (χ1v) is 25.7. The van der Waals surface area contributed by atoms with E-state index in [1.54, 1.807) is 36.9 Å². The molecule has 0 aliphatic rings. The van der Waals surface area contributed by atoms with E-state index in [4.69, 9.17) is 19.4 Å². The maximum absolute atomic E-state index is 11.7. The minimum absolute atomic E-state index is 0.266. The van der Waals surface area contributed by atoms with Crippen LogP contribution in [0.3, 0.4) is 0 Å². The van der Waals surface area contributed by atoms with Gasteiger partial charge >= 0.3 is 5.97 Å². The number of aromatic nitrogens is 2. The number of nitriles is 1. The molecule has 64 heavy (non-hydrogen) atoms. The molecular formula is C52H56N4O4S4. The number of ether oxygens (including phenoxy) is 2. The fourth-order valence-electron chi connectivity index (χ4n) is 7.82. The van der Waals surface area contributed by atoms with Crippen molar-refractivity contribution < 1.29 is 19.4 Å². The van der Waals surface area contributed by atoms with Crippen molar-refractivity contribution >= 4 is 84.1 Å². The Balaban J connectivity index is 1.18. The zero-order valence-electron chi connectivity index (χ0n) is 37.2. The second kappa shape index (κ2) is 23.0. The van der Waals surface area contributed by atoms with Gasteiger partial charge in [-0.1, -0.05) is 113 Å². The molecule has 0 aliphatic heterocycles. The van der Waals surface area contributed by atoms with Crippen molar-refractivity contribution in [3.8, 4) is 47.8 Å². The summed E-state index contributed by atoms with van der Waals surface area (Å²) < 4.78 is 10.9. The van der Waals surface area contributed by atoms with Crippen molar-refractivity contribution in [2.75, 3.05) is 19.1 Å². The number of hydrogen-bond donors (Lipinski definition) is 1. The number of carbonyl (C=O) groups is 1. The number of unbranched alkanes of at least 4 members (excludes halogenated alkanes) is 10. The summed E-state index contributed by atoms with van der Waals surface area (Å²) in [5.41, 5.74) is 6.48. The lowest BCUT2D eigenvalue weighted by atomic mass is 10.0. The molecule has 332 valence electrons. The molecule has 3 aromatic carbocycles. The third-order valence-electron chi connectivity index (χ3n) is 11.3. The number of carboxylic acid groups (broad SMARTS) is 1. The van der Waals surface area contributed by atoms with Gasteiger partial charge in [0.25, 0.3) is 0 Å². The van der Waals surface area contributed by atoms with E-state index in [1.807, 2.05) is 47.7 Å². The molecule has 0 unspecified atom stereocenters. The number of anilines is 3. The summed E-state index contributed by atoms with van der Waals surface area (Å²) in [4.78, 5) is 30.4. The van der Waals surface area contributed by atoms with Crippen molar-refractivity contribution in [1.29, 1.82) is 5.26 Å². The average Bonchev–Trinajstić information content (AvgIpc) is 4.12. The van der Waals surface area contributed by atoms with Crippen LogP contribution in [-0.4, -0.2) is 35.3 Å². The first-order chi connectivity index (χ1) is 31.3. The number of fused-ring (bicyclic) bond motifs is 1. The van der Waals surface area contributed by atoms with Gasteiger partial charge < -0.3 is 19.5 Å². The van der Waals surface area contributed by atoms with E-state index in [1.165, 1.54) is 90.5 Å². The summed E-state index contributed by atoms with van der Waals surface area (Å²) in [6.45, 7) is 4.49. The number of aliphatic carboxylic acids is 1. The predicted octanol–water partition coefficient (Wildman–Crippen LogP) is 16.2. The number of methoxy groups -OCH3 is 2. The molecule has 12 heteroatoms. The first kappa shape index (κ1) is 46.7. The number of aryl methyl sites for hydroxylation is 2. The van der Waals surface area contributed by atoms with E-state index < -0.39 is 5.97 Å². The van der Waals surface area contributed by atoms with E-state index in [2.05, 4.69) is 73.3 Å². The number of nitrogens with zero attached hydrogens (tertiary/aromatic N) is 4. The molecular weight excluding hydrogens is 873 g/mol. The monoisotopic (exact) mass is 928 g/mol. The summed E-state index contributed by atoms with van der Waals surface area (Å²) >= 11 is 6.57. The smallest absolute Gasteiger partial charge is 0.346 e. The zero-order valence-corrected chi connectivity index (χ0v) is 40.4. The molecule has 0 aliphatic carbocycles. The van der Waals surface area contributed by atoms with Crippen LogP contribution in [0, 0.1) is 11.3 Å². The topological polar surface area (TPSA) is 109 Å². The molecule has 7 rings (SSSR count). The van der Waals surface area contributed by atoms with E-state index in [0.29, 0.717) is 0 Å². The summed E-state index contributed by atoms with van der Waals surface area (Å²) in [6.07, 6.45) is 17.9. The van der Waals surface area contributed by atoms with Crippen LogP contribution in [0.2, 0.25) is 0 Å². The molecule has 8 nitrogen and oxygen atoms in total. The highest BCUT2D eigenvalue weighted by Crippen LogP contribution is 2.46. The minimum Gasteiger partial charge on any atom is -0.497 e. The van der Waals surface area contributed by atoms with Crippen LogP contribution in [0.5, 0.6) is 11.5 Å². The predicted molar refractivity (Wildman–Crippen MR) is 271 cm³/mol. The molecule has 4 heterocycles. The Morgan fingerprint density at radius 3 is 1.56 bits per heavy atom. The second-order valence-electron chi connectivity index (χ2n) is 15.9. The minimum atomic E-state index is -1.22. The van der Waals surface area contributed by atoms with Crippen molar-refractivity contribution in [1.82, 2.24) is 9.97 Å². The van der Waals surface area contributed by atoms with Gasteiger partial charge in [0.2, 0.25) is 0 Å². The molecule has 0 saturated carbocycles. The van der Waals surface area contributed by atoms with Crippen LogP contribution in [0.25, 0.3) is 45.9 Å². The van der Waals surface area contributed by atoms with Crippen LogP contribution in [0.15, 0.2) is 90.5 Å². The molecule has 0 spiro atoms. The zero-order chi connectivity index (χ0) is 44.8. The molecule has 7 aromatic rings. The van der Waals surface area contributed by atoms with Crippen molar-refractivity contribution in [2.45, 2.75) is 104 Å². The second-order valence-corrected chi connectivity index (χ2v) is 20.0. The van der Waals surface area contributed by atoms with Crippen LogP contribution in [0.1, 0.15) is 107 Å². The van der Waals surface area contributed by atoms with Gasteiger partial charge in [0, 0.05) is 26.8 Å². The summed E-state index contributed by atoms with van der Waals surface area (Å²) in [6, 6.07) is 31.3. The van der Waals surface area contributed by atoms with Crippen LogP contribution in [-0.2, 0) is 17.6 Å². The molecule has 0 atom stereocenters.